The van der Waals surface area contributed by atoms with Crippen LogP contribution < -0.4 is 22.5 Å². The molecule has 0 aliphatic carbocycles. The van der Waals surface area contributed by atoms with Gasteiger partial charge in [-0.1, -0.05) is 0 Å². The van der Waals surface area contributed by atoms with Crippen molar-refractivity contribution in [2.24, 2.45) is 0 Å². The first-order valence-corrected chi connectivity index (χ1v) is 13.7. The molecule has 3 aromatic rings. The monoisotopic (exact) mass is 601 g/mol. The predicted molar refractivity (Wildman–Crippen MR) is 136 cm³/mol. The predicted octanol–water partition coefficient (Wildman–Crippen LogP) is -2.38. The third-order valence-electron chi connectivity index (χ3n) is 6.80. The molecule has 7 N–H and O–H groups in total. The van der Waals surface area contributed by atoms with E-state index in [1.807, 2.05) is 0 Å². The summed E-state index contributed by atoms with van der Waals surface area (Å²) in [4.78, 5) is 59.4. The Bertz CT molecular complexity index is 1650. The fourth-order valence-corrected chi connectivity index (χ4v) is 6.06. The molecule has 224 valence electrons. The Hall–Kier alpha value is -3.26. The van der Waals surface area contributed by atoms with Gasteiger partial charge in [0.2, 0.25) is 5.95 Å². The summed E-state index contributed by atoms with van der Waals surface area (Å²) < 4.78 is 43.3. The minimum absolute atomic E-state index is 0.0340. The van der Waals surface area contributed by atoms with Crippen molar-refractivity contribution in [3.8, 4) is 0 Å². The number of methoxy groups -OCH3 is 1. The van der Waals surface area contributed by atoms with E-state index in [1.54, 1.807) is 0 Å². The number of phosphoric ester groups is 1. The van der Waals surface area contributed by atoms with Gasteiger partial charge < -0.3 is 35.1 Å². The molecule has 2 fully saturated rings. The van der Waals surface area contributed by atoms with Gasteiger partial charge in [-0.2, -0.15) is 4.98 Å². The molecule has 41 heavy (non-hydrogen) atoms. The van der Waals surface area contributed by atoms with Crippen molar-refractivity contribution in [2.75, 3.05) is 26.1 Å². The molecule has 0 spiro atoms. The number of nitrogen functional groups attached to an aromatic ring is 1. The number of rotatable bonds is 9. The number of hydrogen-bond acceptors (Lipinski definition) is 14. The smallest absolute Gasteiger partial charge is 0.394 e. The number of nitrogens with one attached hydrogen (secondary N) is 2. The highest BCUT2D eigenvalue weighted by Crippen LogP contribution is 2.52. The number of nitrogens with two attached hydrogens (primary N) is 1. The molecule has 1 unspecified atom stereocenters. The maximum Gasteiger partial charge on any atom is 0.473 e. The molecule has 3 aromatic heterocycles. The highest BCUT2D eigenvalue weighted by Gasteiger charge is 2.51. The van der Waals surface area contributed by atoms with E-state index >= 15 is 0 Å². The molecule has 19 nitrogen and oxygen atoms in total. The lowest BCUT2D eigenvalue weighted by molar-refractivity contribution is -0.0583. The molecule has 0 radical (unpaired) electrons. The maximum absolute atomic E-state index is 13.2. The number of nitrogens with zero attached hydrogens (tertiary/aromatic N) is 4. The van der Waals surface area contributed by atoms with Crippen LogP contribution in [0.25, 0.3) is 11.2 Å². The van der Waals surface area contributed by atoms with Crippen molar-refractivity contribution in [3.63, 3.8) is 0 Å². The number of aryl methyl sites for hydroxylation is 1. The molecule has 2 aliphatic heterocycles. The Labute approximate surface area is 229 Å². The summed E-state index contributed by atoms with van der Waals surface area (Å²) in [6.45, 7) is 0.190. The van der Waals surface area contributed by atoms with Crippen molar-refractivity contribution >= 4 is 24.9 Å². The summed E-state index contributed by atoms with van der Waals surface area (Å²) >= 11 is 0. The number of aromatic nitrogens is 6. The molecule has 0 aromatic carbocycles. The van der Waals surface area contributed by atoms with Gasteiger partial charge in [-0.3, -0.25) is 37.7 Å². The SMILES string of the molecule is CO[C@@H]1[C@H](OP(=O)(O)O[C@H]2C[C@H](n3cc(C)c(=O)[nH]c3=O)O[C@@H]2CO)[C@@H](CO)O[C@H]1n1cnc2c(=O)[nH]c(N)nc21. The van der Waals surface area contributed by atoms with E-state index in [-0.39, 0.29) is 29.1 Å². The highest BCUT2D eigenvalue weighted by molar-refractivity contribution is 7.47. The van der Waals surface area contributed by atoms with Gasteiger partial charge in [-0.25, -0.2) is 14.3 Å². The van der Waals surface area contributed by atoms with E-state index in [0.717, 1.165) is 4.57 Å². The zero-order valence-corrected chi connectivity index (χ0v) is 22.5. The van der Waals surface area contributed by atoms with Crippen molar-refractivity contribution in [3.05, 3.63) is 49.3 Å². The van der Waals surface area contributed by atoms with E-state index in [2.05, 4.69) is 19.9 Å². The number of H-pyrrole nitrogens is 2. The quantitative estimate of drug-likeness (QED) is 0.140. The van der Waals surface area contributed by atoms with E-state index in [4.69, 9.17) is 29.0 Å². The molecule has 5 heterocycles. The molecular weight excluding hydrogens is 573 g/mol. The number of imidazole rings is 1. The van der Waals surface area contributed by atoms with E-state index in [0.29, 0.717) is 0 Å². The van der Waals surface area contributed by atoms with Crippen molar-refractivity contribution in [2.45, 2.75) is 56.3 Å². The number of ether oxygens (including phenoxy) is 3. The highest BCUT2D eigenvalue weighted by atomic mass is 31.2. The molecule has 2 saturated heterocycles. The van der Waals surface area contributed by atoms with Crippen LogP contribution in [-0.2, 0) is 27.8 Å². The summed E-state index contributed by atoms with van der Waals surface area (Å²) in [7, 11) is -3.71. The van der Waals surface area contributed by atoms with Crippen LogP contribution in [0.4, 0.5) is 5.95 Å². The van der Waals surface area contributed by atoms with Crippen LogP contribution in [0.3, 0.4) is 0 Å². The van der Waals surface area contributed by atoms with Gasteiger partial charge in [0.1, 0.15) is 36.7 Å². The van der Waals surface area contributed by atoms with Crippen LogP contribution in [-0.4, -0.2) is 95.0 Å². The standard InChI is InChI=1S/C21H28N7O12P/c1-8-4-27(21(33)26-17(8)31)12-3-9(10(5-29)37-12)39-41(34,35)40-14-11(6-30)38-19(15(14)36-2)28-7-23-13-16(28)24-20(22)25-18(13)32/h4,7,9-12,14-15,19,29-30H,3,5-6H2,1-2H3,(H,34,35)(H,26,31,33)(H3,22,24,25,32)/t9-,10+,11+,12+,14+,15+,19+/m0/s1. The normalized spacial score (nSPS) is 29.7. The van der Waals surface area contributed by atoms with Gasteiger partial charge in [0.25, 0.3) is 11.1 Å². The number of aliphatic hydroxyl groups is 2. The molecular formula is C21H28N7O12P. The number of hydrogen-bond donors (Lipinski definition) is 6. The Morgan fingerprint density at radius 1 is 1.10 bits per heavy atom. The van der Waals surface area contributed by atoms with Crippen molar-refractivity contribution in [1.82, 2.24) is 29.1 Å². The van der Waals surface area contributed by atoms with Crippen molar-refractivity contribution in [1.29, 1.82) is 0 Å². The van der Waals surface area contributed by atoms with Crippen LogP contribution in [0.5, 0.6) is 0 Å². The first kappa shape index (κ1) is 29.2. The Morgan fingerprint density at radius 2 is 1.83 bits per heavy atom. The second-order valence-corrected chi connectivity index (χ2v) is 10.8. The van der Waals surface area contributed by atoms with Crippen LogP contribution >= 0.6 is 7.82 Å². The number of fused-ring (bicyclic) bond motifs is 1. The molecule has 5 rings (SSSR count). The van der Waals surface area contributed by atoms with Gasteiger partial charge >= 0.3 is 13.5 Å². The topological polar surface area (TPSA) is 268 Å². The lowest BCUT2D eigenvalue weighted by atomic mass is 10.1. The zero-order valence-electron chi connectivity index (χ0n) is 21.6. The molecule has 8 atom stereocenters. The average molecular weight is 601 g/mol. The zero-order chi connectivity index (χ0) is 29.6. The molecule has 0 saturated carbocycles. The van der Waals surface area contributed by atoms with Crippen LogP contribution in [0, 0.1) is 6.92 Å². The third kappa shape index (κ3) is 5.51. The van der Waals surface area contributed by atoms with Crippen LogP contribution in [0.2, 0.25) is 0 Å². The summed E-state index contributed by atoms with van der Waals surface area (Å²) in [5.41, 5.74) is 3.90. The number of anilines is 1. The summed E-state index contributed by atoms with van der Waals surface area (Å²) in [6, 6.07) is 0. The Balaban J connectivity index is 1.36. The Morgan fingerprint density at radius 3 is 2.51 bits per heavy atom. The van der Waals surface area contributed by atoms with Gasteiger partial charge in [0, 0.05) is 25.3 Å². The van der Waals surface area contributed by atoms with E-state index in [9.17, 15) is 34.1 Å². The summed E-state index contributed by atoms with van der Waals surface area (Å²) in [5, 5.41) is 19.8. The first-order valence-electron chi connectivity index (χ1n) is 12.3. The van der Waals surface area contributed by atoms with Crippen molar-refractivity contribution < 1.29 is 42.9 Å². The van der Waals surface area contributed by atoms with Gasteiger partial charge in [0.05, 0.1) is 19.5 Å². The summed E-state index contributed by atoms with van der Waals surface area (Å²) in [6.07, 6.45) is -5.89. The van der Waals surface area contributed by atoms with Crippen LogP contribution in [0.15, 0.2) is 26.9 Å². The number of phosphoric acid groups is 1. The maximum atomic E-state index is 13.2. The second kappa shape index (κ2) is 11.2. The fourth-order valence-electron chi connectivity index (χ4n) is 4.88. The number of aromatic amines is 2. The summed E-state index contributed by atoms with van der Waals surface area (Å²) in [5.74, 6) is -0.189. The minimum atomic E-state index is -4.98. The average Bonchev–Trinajstić information content (AvgIpc) is 3.60. The lowest BCUT2D eigenvalue weighted by Gasteiger charge is -2.26. The molecule has 0 bridgehead atoms. The van der Waals surface area contributed by atoms with Gasteiger partial charge in [-0.05, 0) is 6.92 Å². The largest absolute Gasteiger partial charge is 0.473 e. The molecule has 2 aliphatic rings. The fraction of sp³-hybridized carbons (Fsp3) is 0.571. The number of aliphatic hydroxyl groups excluding tert-OH is 2. The first-order chi connectivity index (χ1) is 19.5. The minimum Gasteiger partial charge on any atom is -0.394 e. The van der Waals surface area contributed by atoms with E-state index < -0.39 is 80.8 Å². The van der Waals surface area contributed by atoms with E-state index in [1.165, 1.54) is 31.1 Å². The second-order valence-electron chi connectivity index (χ2n) is 9.43. The van der Waals surface area contributed by atoms with Crippen LogP contribution in [0.1, 0.15) is 24.4 Å². The molecule has 20 heteroatoms. The van der Waals surface area contributed by atoms with Gasteiger partial charge in [0.15, 0.2) is 17.4 Å². The Kier molecular flexibility index (Phi) is 7.99. The lowest BCUT2D eigenvalue weighted by Crippen LogP contribution is -2.37. The third-order valence-corrected chi connectivity index (χ3v) is 7.85. The van der Waals surface area contributed by atoms with Gasteiger partial charge in [-0.15, -0.1) is 0 Å². The molecule has 0 amide bonds.